The summed E-state index contributed by atoms with van der Waals surface area (Å²) in [7, 11) is 1.57. The summed E-state index contributed by atoms with van der Waals surface area (Å²) in [5, 5.41) is 4.92. The van der Waals surface area contributed by atoms with Crippen molar-refractivity contribution in [1.29, 1.82) is 0 Å². The number of halogens is 2. The van der Waals surface area contributed by atoms with Crippen LogP contribution in [-0.2, 0) is 9.59 Å². The molecule has 2 aromatic carbocycles. The Kier molecular flexibility index (Phi) is 6.84. The average Bonchev–Trinajstić information content (AvgIpc) is 2.59. The van der Waals surface area contributed by atoms with Gasteiger partial charge in [-0.1, -0.05) is 12.1 Å². The highest BCUT2D eigenvalue weighted by Crippen LogP contribution is 2.13. The smallest absolute Gasteiger partial charge is 0.244 e. The number of rotatable bonds is 7. The second-order valence-electron chi connectivity index (χ2n) is 5.35. The number of nitrogens with one attached hydrogen (secondary N) is 2. The summed E-state index contributed by atoms with van der Waals surface area (Å²) in [6, 6.07) is 9.88. The molecule has 2 rings (SSSR count). The van der Waals surface area contributed by atoms with Crippen molar-refractivity contribution in [1.82, 2.24) is 5.32 Å². The third kappa shape index (κ3) is 6.35. The van der Waals surface area contributed by atoms with Crippen molar-refractivity contribution in [3.8, 4) is 5.75 Å². The van der Waals surface area contributed by atoms with Gasteiger partial charge in [0.1, 0.15) is 17.4 Å². The summed E-state index contributed by atoms with van der Waals surface area (Å²) in [6.07, 6.45) is 2.95. The van der Waals surface area contributed by atoms with Gasteiger partial charge in [-0.2, -0.15) is 0 Å². The van der Waals surface area contributed by atoms with Crippen molar-refractivity contribution >= 4 is 23.6 Å². The minimum Gasteiger partial charge on any atom is -0.497 e. The molecule has 5 nitrogen and oxygen atoms in total. The van der Waals surface area contributed by atoms with Gasteiger partial charge in [0.15, 0.2) is 0 Å². The fourth-order valence-electron chi connectivity index (χ4n) is 2.09. The van der Waals surface area contributed by atoms with Gasteiger partial charge in [0.25, 0.3) is 0 Å². The van der Waals surface area contributed by atoms with E-state index in [-0.39, 0.29) is 24.6 Å². The average molecular weight is 360 g/mol. The summed E-state index contributed by atoms with van der Waals surface area (Å²) < 4.78 is 31.1. The largest absolute Gasteiger partial charge is 0.497 e. The maximum absolute atomic E-state index is 13.0. The van der Waals surface area contributed by atoms with E-state index in [1.807, 2.05) is 0 Å². The first-order valence-corrected chi connectivity index (χ1v) is 7.82. The first-order valence-electron chi connectivity index (χ1n) is 7.82. The standard InChI is InChI=1S/C19H18F2N2O3/c1-26-17-5-2-13(3-6-17)4-7-18(24)22-9-8-19(25)23-16-11-14(20)10-15(21)12-16/h2-7,10-12H,8-9H2,1H3,(H,22,24)(H,23,25). The van der Waals surface area contributed by atoms with Crippen LogP contribution in [0.4, 0.5) is 14.5 Å². The Hall–Kier alpha value is -3.22. The summed E-state index contributed by atoms with van der Waals surface area (Å²) in [5.74, 6) is -1.66. The molecule has 7 heteroatoms. The van der Waals surface area contributed by atoms with Crippen molar-refractivity contribution in [2.75, 3.05) is 19.0 Å². The number of hydrogen-bond acceptors (Lipinski definition) is 3. The van der Waals surface area contributed by atoms with E-state index in [1.165, 1.54) is 6.08 Å². The lowest BCUT2D eigenvalue weighted by Gasteiger charge is -2.06. The van der Waals surface area contributed by atoms with Gasteiger partial charge < -0.3 is 15.4 Å². The van der Waals surface area contributed by atoms with Crippen LogP contribution in [0.2, 0.25) is 0 Å². The predicted octanol–water partition coefficient (Wildman–Crippen LogP) is 3.13. The molecule has 0 atom stereocenters. The highest BCUT2D eigenvalue weighted by molar-refractivity contribution is 5.93. The van der Waals surface area contributed by atoms with E-state index in [4.69, 9.17) is 4.74 Å². The van der Waals surface area contributed by atoms with Crippen molar-refractivity contribution in [3.63, 3.8) is 0 Å². The van der Waals surface area contributed by atoms with Crippen LogP contribution in [0.5, 0.6) is 5.75 Å². The van der Waals surface area contributed by atoms with Gasteiger partial charge in [-0.3, -0.25) is 9.59 Å². The van der Waals surface area contributed by atoms with Crippen LogP contribution >= 0.6 is 0 Å². The van der Waals surface area contributed by atoms with Crippen molar-refractivity contribution in [2.45, 2.75) is 6.42 Å². The van der Waals surface area contributed by atoms with Gasteiger partial charge in [0, 0.05) is 30.8 Å². The molecular formula is C19H18F2N2O3. The van der Waals surface area contributed by atoms with Gasteiger partial charge in [-0.25, -0.2) is 8.78 Å². The molecule has 0 heterocycles. The molecule has 0 saturated heterocycles. The van der Waals surface area contributed by atoms with E-state index in [9.17, 15) is 18.4 Å². The van der Waals surface area contributed by atoms with E-state index in [1.54, 1.807) is 37.5 Å². The molecule has 0 aliphatic heterocycles. The zero-order valence-electron chi connectivity index (χ0n) is 14.1. The van der Waals surface area contributed by atoms with Crippen LogP contribution in [0.25, 0.3) is 6.08 Å². The zero-order chi connectivity index (χ0) is 18.9. The molecular weight excluding hydrogens is 342 g/mol. The second kappa shape index (κ2) is 9.31. The van der Waals surface area contributed by atoms with E-state index < -0.39 is 17.5 Å². The SMILES string of the molecule is COc1ccc(C=CC(=O)NCCC(=O)Nc2cc(F)cc(F)c2)cc1. The van der Waals surface area contributed by atoms with Gasteiger partial charge in [-0.05, 0) is 35.9 Å². The third-order valence-corrected chi connectivity index (χ3v) is 3.34. The normalized spacial score (nSPS) is 10.6. The van der Waals surface area contributed by atoms with Crippen LogP contribution in [0.3, 0.4) is 0 Å². The Morgan fingerprint density at radius 2 is 1.73 bits per heavy atom. The fraction of sp³-hybridized carbons (Fsp3) is 0.158. The summed E-state index contributed by atoms with van der Waals surface area (Å²) in [4.78, 5) is 23.4. The lowest BCUT2D eigenvalue weighted by molar-refractivity contribution is -0.117. The molecule has 0 unspecified atom stereocenters. The van der Waals surface area contributed by atoms with Crippen molar-refractivity contribution < 1.29 is 23.1 Å². The van der Waals surface area contributed by atoms with Gasteiger partial charge in [0.05, 0.1) is 7.11 Å². The number of anilines is 1. The minimum atomic E-state index is -0.780. The molecule has 0 aromatic heterocycles. The third-order valence-electron chi connectivity index (χ3n) is 3.34. The Labute approximate surface area is 149 Å². The minimum absolute atomic E-state index is 0.0261. The lowest BCUT2D eigenvalue weighted by Crippen LogP contribution is -2.26. The molecule has 0 saturated carbocycles. The predicted molar refractivity (Wildman–Crippen MR) is 94.6 cm³/mol. The summed E-state index contributed by atoms with van der Waals surface area (Å²) in [6.45, 7) is 0.0927. The van der Waals surface area contributed by atoms with Crippen LogP contribution in [0.15, 0.2) is 48.5 Å². The molecule has 0 spiro atoms. The van der Waals surface area contributed by atoms with E-state index in [0.29, 0.717) is 6.07 Å². The fourth-order valence-corrected chi connectivity index (χ4v) is 2.09. The number of carbonyl (C=O) groups excluding carboxylic acids is 2. The number of carbonyl (C=O) groups is 2. The van der Waals surface area contributed by atoms with Gasteiger partial charge >= 0.3 is 0 Å². The molecule has 26 heavy (non-hydrogen) atoms. The van der Waals surface area contributed by atoms with E-state index >= 15 is 0 Å². The van der Waals surface area contributed by atoms with Crippen molar-refractivity contribution in [2.24, 2.45) is 0 Å². The van der Waals surface area contributed by atoms with Crippen LogP contribution in [-0.4, -0.2) is 25.5 Å². The summed E-state index contributed by atoms with van der Waals surface area (Å²) in [5.41, 5.74) is 0.852. The molecule has 2 amide bonds. The molecule has 0 aliphatic carbocycles. The first-order chi connectivity index (χ1) is 12.5. The highest BCUT2D eigenvalue weighted by Gasteiger charge is 2.06. The van der Waals surface area contributed by atoms with Crippen LogP contribution < -0.4 is 15.4 Å². The molecule has 2 aromatic rings. The van der Waals surface area contributed by atoms with Gasteiger partial charge in [0.2, 0.25) is 11.8 Å². The monoisotopic (exact) mass is 360 g/mol. The number of benzene rings is 2. The number of hydrogen-bond donors (Lipinski definition) is 2. The lowest BCUT2D eigenvalue weighted by atomic mass is 10.2. The maximum atomic E-state index is 13.0. The van der Waals surface area contributed by atoms with E-state index in [0.717, 1.165) is 23.4 Å². The van der Waals surface area contributed by atoms with Crippen molar-refractivity contribution in [3.05, 3.63) is 65.7 Å². The highest BCUT2D eigenvalue weighted by atomic mass is 19.1. The number of methoxy groups -OCH3 is 1. The Balaban J connectivity index is 1.74. The molecule has 0 radical (unpaired) electrons. The molecule has 0 bridgehead atoms. The Bertz CT molecular complexity index is 785. The molecule has 136 valence electrons. The Morgan fingerprint density at radius 3 is 2.35 bits per heavy atom. The Morgan fingerprint density at radius 1 is 1.08 bits per heavy atom. The van der Waals surface area contributed by atoms with Crippen LogP contribution in [0.1, 0.15) is 12.0 Å². The quantitative estimate of drug-likeness (QED) is 0.746. The topological polar surface area (TPSA) is 67.4 Å². The molecule has 0 fully saturated rings. The van der Waals surface area contributed by atoms with Crippen LogP contribution in [0, 0.1) is 11.6 Å². The summed E-state index contributed by atoms with van der Waals surface area (Å²) >= 11 is 0. The number of ether oxygens (including phenoxy) is 1. The van der Waals surface area contributed by atoms with E-state index in [2.05, 4.69) is 10.6 Å². The number of amides is 2. The first kappa shape index (κ1) is 19.1. The zero-order valence-corrected chi connectivity index (χ0v) is 14.1. The second-order valence-corrected chi connectivity index (χ2v) is 5.35. The maximum Gasteiger partial charge on any atom is 0.244 e. The molecule has 0 aliphatic rings. The van der Waals surface area contributed by atoms with Gasteiger partial charge in [-0.15, -0.1) is 0 Å². The molecule has 2 N–H and O–H groups in total.